The molecule has 2 rings (SSSR count). The molecule has 100 valence electrons. The van der Waals surface area contributed by atoms with Crippen molar-refractivity contribution >= 4 is 21.6 Å². The molecule has 0 aliphatic carbocycles. The minimum absolute atomic E-state index is 0.00369. The first-order valence-corrected chi connectivity index (χ1v) is 7.51. The molecule has 1 heterocycles. The zero-order valence-electron chi connectivity index (χ0n) is 9.73. The van der Waals surface area contributed by atoms with Gasteiger partial charge in [0, 0.05) is 19.1 Å². The normalized spacial score (nSPS) is 20.8. The smallest absolute Gasteiger partial charge is 0.242 e. The molecule has 2 N–H and O–H groups in total. The first-order chi connectivity index (χ1) is 8.59. The van der Waals surface area contributed by atoms with Crippen molar-refractivity contribution in [1.82, 2.24) is 10.0 Å². The number of morpholine rings is 1. The molecular weight excluding hydrogens is 276 g/mol. The second kappa shape index (κ2) is 5.99. The van der Waals surface area contributed by atoms with Crippen molar-refractivity contribution in [3.05, 3.63) is 29.3 Å². The fourth-order valence-corrected chi connectivity index (χ4v) is 3.30. The monoisotopic (exact) mass is 290 g/mol. The van der Waals surface area contributed by atoms with Crippen molar-refractivity contribution in [2.45, 2.75) is 10.9 Å². The van der Waals surface area contributed by atoms with E-state index in [1.165, 1.54) is 6.07 Å². The molecule has 1 aromatic carbocycles. The molecule has 1 aliphatic heterocycles. The number of halogens is 1. The number of benzene rings is 1. The van der Waals surface area contributed by atoms with E-state index >= 15 is 0 Å². The van der Waals surface area contributed by atoms with E-state index in [9.17, 15) is 8.42 Å². The van der Waals surface area contributed by atoms with Gasteiger partial charge < -0.3 is 10.1 Å². The van der Waals surface area contributed by atoms with Crippen LogP contribution in [0.3, 0.4) is 0 Å². The van der Waals surface area contributed by atoms with Crippen LogP contribution in [0.5, 0.6) is 0 Å². The Hall–Kier alpha value is -0.660. The number of hydrogen-bond donors (Lipinski definition) is 2. The van der Waals surface area contributed by atoms with Crippen LogP contribution in [0, 0.1) is 0 Å². The molecule has 1 unspecified atom stereocenters. The summed E-state index contributed by atoms with van der Waals surface area (Å²) in [6.07, 6.45) is 0. The third kappa shape index (κ3) is 3.43. The van der Waals surface area contributed by atoms with Gasteiger partial charge in [-0.3, -0.25) is 0 Å². The van der Waals surface area contributed by atoms with E-state index in [0.717, 1.165) is 6.54 Å². The molecule has 18 heavy (non-hydrogen) atoms. The van der Waals surface area contributed by atoms with Crippen molar-refractivity contribution < 1.29 is 13.2 Å². The zero-order valence-corrected chi connectivity index (χ0v) is 11.3. The number of rotatable bonds is 4. The van der Waals surface area contributed by atoms with Gasteiger partial charge >= 0.3 is 0 Å². The summed E-state index contributed by atoms with van der Waals surface area (Å²) in [5, 5.41) is 3.39. The average molecular weight is 291 g/mol. The molecular formula is C11H15ClN2O3S. The van der Waals surface area contributed by atoms with Gasteiger partial charge in [-0.15, -0.1) is 0 Å². The Balaban J connectivity index is 2.01. The lowest BCUT2D eigenvalue weighted by molar-refractivity contribution is 0.0784. The maximum atomic E-state index is 12.0. The predicted molar refractivity (Wildman–Crippen MR) is 69.3 cm³/mol. The standard InChI is InChI=1S/C11H15ClN2O3S/c12-10-3-1-2-4-11(10)18(15,16)14-7-9-8-17-6-5-13-9/h1-4,9,13-14H,5-8H2. The third-order valence-electron chi connectivity index (χ3n) is 2.64. The largest absolute Gasteiger partial charge is 0.378 e. The average Bonchev–Trinajstić information content (AvgIpc) is 2.38. The Labute approximate surface area is 112 Å². The van der Waals surface area contributed by atoms with Crippen LogP contribution in [0.15, 0.2) is 29.2 Å². The van der Waals surface area contributed by atoms with Crippen LogP contribution in [0.4, 0.5) is 0 Å². The zero-order chi connectivity index (χ0) is 13.0. The van der Waals surface area contributed by atoms with Crippen molar-refractivity contribution in [2.24, 2.45) is 0 Å². The summed E-state index contributed by atoms with van der Waals surface area (Å²) in [6, 6.07) is 6.37. The second-order valence-corrected chi connectivity index (χ2v) is 6.15. The predicted octanol–water partition coefficient (Wildman–Crippen LogP) is 0.607. The summed E-state index contributed by atoms with van der Waals surface area (Å²) < 4.78 is 31.8. The number of hydrogen-bond acceptors (Lipinski definition) is 4. The van der Waals surface area contributed by atoms with Crippen molar-refractivity contribution in [3.63, 3.8) is 0 Å². The molecule has 0 spiro atoms. The van der Waals surface area contributed by atoms with E-state index in [1.807, 2.05) is 0 Å². The highest BCUT2D eigenvalue weighted by molar-refractivity contribution is 7.89. The molecule has 0 radical (unpaired) electrons. The fourth-order valence-electron chi connectivity index (χ4n) is 1.70. The lowest BCUT2D eigenvalue weighted by atomic mass is 10.3. The van der Waals surface area contributed by atoms with E-state index < -0.39 is 10.0 Å². The van der Waals surface area contributed by atoms with E-state index in [1.54, 1.807) is 18.2 Å². The van der Waals surface area contributed by atoms with Crippen LogP contribution in [0.25, 0.3) is 0 Å². The van der Waals surface area contributed by atoms with Crippen LogP contribution in [-0.4, -0.2) is 40.8 Å². The van der Waals surface area contributed by atoms with Gasteiger partial charge in [0.1, 0.15) is 4.90 Å². The fraction of sp³-hybridized carbons (Fsp3) is 0.455. The van der Waals surface area contributed by atoms with Crippen LogP contribution in [-0.2, 0) is 14.8 Å². The molecule has 0 saturated carbocycles. The summed E-state index contributed by atoms with van der Waals surface area (Å²) in [5.74, 6) is 0. The number of ether oxygens (including phenoxy) is 1. The first kappa shape index (κ1) is 13.8. The van der Waals surface area contributed by atoms with Crippen LogP contribution < -0.4 is 10.0 Å². The molecule has 1 atom stereocenters. The van der Waals surface area contributed by atoms with Crippen LogP contribution in [0.1, 0.15) is 0 Å². The quantitative estimate of drug-likeness (QED) is 0.852. The van der Waals surface area contributed by atoms with E-state index in [-0.39, 0.29) is 22.5 Å². The van der Waals surface area contributed by atoms with Gasteiger partial charge in [-0.05, 0) is 12.1 Å². The van der Waals surface area contributed by atoms with Crippen molar-refractivity contribution in [2.75, 3.05) is 26.3 Å². The molecule has 1 saturated heterocycles. The van der Waals surface area contributed by atoms with Crippen molar-refractivity contribution in [1.29, 1.82) is 0 Å². The minimum atomic E-state index is -3.57. The SMILES string of the molecule is O=S(=O)(NCC1COCCN1)c1ccccc1Cl. The Kier molecular flexibility index (Phi) is 4.58. The summed E-state index contributed by atoms with van der Waals surface area (Å²) in [7, 11) is -3.57. The van der Waals surface area contributed by atoms with Gasteiger partial charge in [0.15, 0.2) is 0 Å². The lowest BCUT2D eigenvalue weighted by Gasteiger charge is -2.23. The van der Waals surface area contributed by atoms with Crippen LogP contribution in [0.2, 0.25) is 5.02 Å². The van der Waals surface area contributed by atoms with Crippen molar-refractivity contribution in [3.8, 4) is 0 Å². The highest BCUT2D eigenvalue weighted by Crippen LogP contribution is 2.19. The molecule has 0 amide bonds. The third-order valence-corrected chi connectivity index (χ3v) is 4.57. The van der Waals surface area contributed by atoms with E-state index in [0.29, 0.717) is 13.2 Å². The summed E-state index contributed by atoms with van der Waals surface area (Å²) in [6.45, 7) is 2.19. The maximum Gasteiger partial charge on any atom is 0.242 e. The number of sulfonamides is 1. The Morgan fingerprint density at radius 1 is 1.44 bits per heavy atom. The number of nitrogens with one attached hydrogen (secondary N) is 2. The molecule has 1 fully saturated rings. The molecule has 1 aliphatic rings. The van der Waals surface area contributed by atoms with Gasteiger partial charge in [0.2, 0.25) is 10.0 Å². The van der Waals surface area contributed by atoms with Crippen LogP contribution >= 0.6 is 11.6 Å². The second-order valence-electron chi connectivity index (χ2n) is 4.01. The summed E-state index contributed by atoms with van der Waals surface area (Å²) in [5.41, 5.74) is 0. The maximum absolute atomic E-state index is 12.0. The molecule has 5 nitrogen and oxygen atoms in total. The molecule has 0 bridgehead atoms. The van der Waals surface area contributed by atoms with E-state index in [4.69, 9.17) is 16.3 Å². The van der Waals surface area contributed by atoms with Gasteiger partial charge in [-0.1, -0.05) is 23.7 Å². The highest BCUT2D eigenvalue weighted by Gasteiger charge is 2.20. The summed E-state index contributed by atoms with van der Waals surface area (Å²) in [4.78, 5) is 0.100. The molecule has 7 heteroatoms. The Bertz CT molecular complexity index is 501. The van der Waals surface area contributed by atoms with Gasteiger partial charge in [0.05, 0.1) is 18.2 Å². The minimum Gasteiger partial charge on any atom is -0.378 e. The highest BCUT2D eigenvalue weighted by atomic mass is 35.5. The topological polar surface area (TPSA) is 67.4 Å². The lowest BCUT2D eigenvalue weighted by Crippen LogP contribution is -2.48. The first-order valence-electron chi connectivity index (χ1n) is 5.65. The Morgan fingerprint density at radius 3 is 2.89 bits per heavy atom. The van der Waals surface area contributed by atoms with Gasteiger partial charge in [-0.25, -0.2) is 13.1 Å². The Morgan fingerprint density at radius 2 is 2.22 bits per heavy atom. The summed E-state index contributed by atoms with van der Waals surface area (Å²) >= 11 is 5.87. The molecule has 1 aromatic rings. The van der Waals surface area contributed by atoms with Gasteiger partial charge in [0.25, 0.3) is 0 Å². The van der Waals surface area contributed by atoms with E-state index in [2.05, 4.69) is 10.0 Å². The van der Waals surface area contributed by atoms with Gasteiger partial charge in [-0.2, -0.15) is 0 Å². The molecule has 0 aromatic heterocycles.